The minimum Gasteiger partial charge on any atom is -0.468 e. The van der Waals surface area contributed by atoms with Gasteiger partial charge in [0.1, 0.15) is 6.04 Å². The summed E-state index contributed by atoms with van der Waals surface area (Å²) < 4.78 is 4.79. The van der Waals surface area contributed by atoms with Crippen LogP contribution >= 0.6 is 0 Å². The summed E-state index contributed by atoms with van der Waals surface area (Å²) >= 11 is 0. The van der Waals surface area contributed by atoms with E-state index in [1.54, 1.807) is 0 Å². The van der Waals surface area contributed by atoms with Crippen LogP contribution in [0.25, 0.3) is 0 Å². The molecule has 16 heavy (non-hydrogen) atoms. The van der Waals surface area contributed by atoms with Gasteiger partial charge in [-0.2, -0.15) is 0 Å². The van der Waals surface area contributed by atoms with Gasteiger partial charge in [-0.15, -0.1) is 0 Å². The standard InChI is InChI=1S/C13H27NO2/c1-5-6-9-12(13(15)16-4)14-10-7-8-11(2)3/h11-12,14H,5-10H2,1-4H3. The first-order valence-electron chi connectivity index (χ1n) is 6.43. The molecule has 0 amide bonds. The molecule has 0 bridgehead atoms. The van der Waals surface area contributed by atoms with Gasteiger partial charge >= 0.3 is 5.97 Å². The fraction of sp³-hybridized carbons (Fsp3) is 0.923. The largest absolute Gasteiger partial charge is 0.468 e. The van der Waals surface area contributed by atoms with Gasteiger partial charge in [-0.3, -0.25) is 4.79 Å². The molecule has 3 nitrogen and oxygen atoms in total. The lowest BCUT2D eigenvalue weighted by atomic mass is 10.1. The topological polar surface area (TPSA) is 38.3 Å². The highest BCUT2D eigenvalue weighted by molar-refractivity contribution is 5.75. The van der Waals surface area contributed by atoms with Crippen LogP contribution in [0.4, 0.5) is 0 Å². The van der Waals surface area contributed by atoms with Gasteiger partial charge in [-0.05, 0) is 31.7 Å². The molecule has 0 radical (unpaired) electrons. The Kier molecular flexibility index (Phi) is 9.30. The van der Waals surface area contributed by atoms with Crippen LogP contribution in [0, 0.1) is 5.92 Å². The molecule has 0 aliphatic carbocycles. The third-order valence-corrected chi connectivity index (χ3v) is 2.68. The van der Waals surface area contributed by atoms with E-state index < -0.39 is 0 Å². The molecule has 0 aromatic carbocycles. The zero-order chi connectivity index (χ0) is 12.4. The lowest BCUT2D eigenvalue weighted by molar-refractivity contribution is -0.143. The van der Waals surface area contributed by atoms with Gasteiger partial charge in [0.15, 0.2) is 0 Å². The smallest absolute Gasteiger partial charge is 0.322 e. The maximum absolute atomic E-state index is 11.5. The SMILES string of the molecule is CCCCC(NCCCC(C)C)C(=O)OC. The van der Waals surface area contributed by atoms with Crippen LogP contribution in [0.5, 0.6) is 0 Å². The van der Waals surface area contributed by atoms with Crippen molar-refractivity contribution in [2.45, 2.75) is 58.9 Å². The number of hydrogen-bond donors (Lipinski definition) is 1. The second kappa shape index (κ2) is 9.64. The third-order valence-electron chi connectivity index (χ3n) is 2.68. The number of hydrogen-bond acceptors (Lipinski definition) is 3. The number of methoxy groups -OCH3 is 1. The number of nitrogens with one attached hydrogen (secondary N) is 1. The van der Waals surface area contributed by atoms with Crippen LogP contribution in [0.3, 0.4) is 0 Å². The Balaban J connectivity index is 3.78. The van der Waals surface area contributed by atoms with Gasteiger partial charge in [-0.1, -0.05) is 33.6 Å². The fourth-order valence-electron chi connectivity index (χ4n) is 1.64. The molecule has 3 heteroatoms. The van der Waals surface area contributed by atoms with Gasteiger partial charge in [0, 0.05) is 0 Å². The Morgan fingerprint density at radius 1 is 1.25 bits per heavy atom. The van der Waals surface area contributed by atoms with Crippen molar-refractivity contribution in [3.8, 4) is 0 Å². The van der Waals surface area contributed by atoms with Gasteiger partial charge in [0.2, 0.25) is 0 Å². The molecule has 0 rings (SSSR count). The Bertz CT molecular complexity index is 181. The maximum atomic E-state index is 11.5. The number of rotatable bonds is 9. The van der Waals surface area contributed by atoms with E-state index >= 15 is 0 Å². The number of ether oxygens (including phenoxy) is 1. The molecule has 0 aromatic heterocycles. The summed E-state index contributed by atoms with van der Waals surface area (Å²) in [4.78, 5) is 11.5. The molecule has 1 unspecified atom stereocenters. The number of carbonyl (C=O) groups excluding carboxylic acids is 1. The van der Waals surface area contributed by atoms with E-state index in [4.69, 9.17) is 4.74 Å². The lowest BCUT2D eigenvalue weighted by Crippen LogP contribution is -2.38. The fourth-order valence-corrected chi connectivity index (χ4v) is 1.64. The molecule has 0 heterocycles. The zero-order valence-electron chi connectivity index (χ0n) is 11.2. The van der Waals surface area contributed by atoms with E-state index in [0.29, 0.717) is 0 Å². The highest BCUT2D eigenvalue weighted by atomic mass is 16.5. The van der Waals surface area contributed by atoms with Crippen molar-refractivity contribution >= 4 is 5.97 Å². The number of carbonyl (C=O) groups is 1. The minimum atomic E-state index is -0.127. The second-order valence-electron chi connectivity index (χ2n) is 4.71. The molecule has 1 atom stereocenters. The second-order valence-corrected chi connectivity index (χ2v) is 4.71. The first-order chi connectivity index (χ1) is 7.61. The monoisotopic (exact) mass is 229 g/mol. The van der Waals surface area contributed by atoms with Gasteiger partial charge in [0.25, 0.3) is 0 Å². The summed E-state index contributed by atoms with van der Waals surface area (Å²) in [5.74, 6) is 0.604. The van der Waals surface area contributed by atoms with E-state index in [1.807, 2.05) is 0 Å². The van der Waals surface area contributed by atoms with Crippen molar-refractivity contribution < 1.29 is 9.53 Å². The number of unbranched alkanes of at least 4 members (excludes halogenated alkanes) is 1. The molecular weight excluding hydrogens is 202 g/mol. The quantitative estimate of drug-likeness (QED) is 0.488. The van der Waals surface area contributed by atoms with E-state index in [1.165, 1.54) is 13.5 Å². The summed E-state index contributed by atoms with van der Waals surface area (Å²) in [6.07, 6.45) is 5.38. The summed E-state index contributed by atoms with van der Waals surface area (Å²) in [7, 11) is 1.46. The molecule has 0 fully saturated rings. The van der Waals surface area contributed by atoms with Crippen LogP contribution in [-0.2, 0) is 9.53 Å². The number of esters is 1. The molecule has 0 aromatic rings. The average molecular weight is 229 g/mol. The molecular formula is C13H27NO2. The Morgan fingerprint density at radius 3 is 2.44 bits per heavy atom. The van der Waals surface area contributed by atoms with Gasteiger partial charge in [-0.25, -0.2) is 0 Å². The Labute approximate surface area is 99.9 Å². The first-order valence-corrected chi connectivity index (χ1v) is 6.43. The van der Waals surface area contributed by atoms with E-state index in [0.717, 1.165) is 38.1 Å². The van der Waals surface area contributed by atoms with Crippen molar-refractivity contribution in [3.05, 3.63) is 0 Å². The average Bonchev–Trinajstić information content (AvgIpc) is 2.26. The van der Waals surface area contributed by atoms with E-state index in [9.17, 15) is 4.79 Å². The van der Waals surface area contributed by atoms with Crippen LogP contribution < -0.4 is 5.32 Å². The highest BCUT2D eigenvalue weighted by Gasteiger charge is 2.17. The van der Waals surface area contributed by atoms with Crippen LogP contribution in [0.15, 0.2) is 0 Å². The van der Waals surface area contributed by atoms with Crippen molar-refractivity contribution in [1.29, 1.82) is 0 Å². The normalized spacial score (nSPS) is 12.8. The molecule has 0 aliphatic rings. The van der Waals surface area contributed by atoms with E-state index in [2.05, 4.69) is 26.1 Å². The maximum Gasteiger partial charge on any atom is 0.322 e. The lowest BCUT2D eigenvalue weighted by Gasteiger charge is -2.16. The summed E-state index contributed by atoms with van der Waals surface area (Å²) in [5, 5.41) is 3.29. The highest BCUT2D eigenvalue weighted by Crippen LogP contribution is 2.05. The van der Waals surface area contributed by atoms with Crippen molar-refractivity contribution in [2.75, 3.05) is 13.7 Å². The minimum absolute atomic E-state index is 0.114. The van der Waals surface area contributed by atoms with Gasteiger partial charge in [0.05, 0.1) is 7.11 Å². The van der Waals surface area contributed by atoms with E-state index in [-0.39, 0.29) is 12.0 Å². The van der Waals surface area contributed by atoms with Crippen LogP contribution in [0.1, 0.15) is 52.9 Å². The summed E-state index contributed by atoms with van der Waals surface area (Å²) in [6, 6.07) is -0.114. The third kappa shape index (κ3) is 7.69. The van der Waals surface area contributed by atoms with Crippen molar-refractivity contribution in [1.82, 2.24) is 5.32 Å². The molecule has 96 valence electrons. The molecule has 0 spiro atoms. The molecule has 0 saturated heterocycles. The Morgan fingerprint density at radius 2 is 1.94 bits per heavy atom. The van der Waals surface area contributed by atoms with Crippen LogP contribution in [-0.4, -0.2) is 25.7 Å². The predicted octanol–water partition coefficient (Wildman–Crippen LogP) is 2.74. The summed E-state index contributed by atoms with van der Waals surface area (Å²) in [5.41, 5.74) is 0. The van der Waals surface area contributed by atoms with Crippen molar-refractivity contribution in [3.63, 3.8) is 0 Å². The summed E-state index contributed by atoms with van der Waals surface area (Å²) in [6.45, 7) is 7.47. The zero-order valence-corrected chi connectivity index (χ0v) is 11.2. The van der Waals surface area contributed by atoms with Crippen molar-refractivity contribution in [2.24, 2.45) is 5.92 Å². The first kappa shape index (κ1) is 15.4. The molecule has 0 saturated carbocycles. The van der Waals surface area contributed by atoms with Gasteiger partial charge < -0.3 is 10.1 Å². The predicted molar refractivity (Wildman–Crippen MR) is 67.4 cm³/mol. The van der Waals surface area contributed by atoms with Crippen LogP contribution in [0.2, 0.25) is 0 Å². The molecule has 1 N–H and O–H groups in total. The molecule has 0 aliphatic heterocycles. The Hall–Kier alpha value is -0.570.